The normalized spacial score (nSPS) is 20.4. The molecule has 4 rings (SSSR count). The lowest BCUT2D eigenvalue weighted by atomic mass is 10.1. The van der Waals surface area contributed by atoms with Crippen molar-refractivity contribution in [1.82, 2.24) is 9.88 Å². The van der Waals surface area contributed by atoms with E-state index in [2.05, 4.69) is 17.1 Å². The van der Waals surface area contributed by atoms with Gasteiger partial charge in [-0.25, -0.2) is 0 Å². The number of nitrogens with zero attached hydrogens (tertiary/aromatic N) is 2. The fourth-order valence-electron chi connectivity index (χ4n) is 4.07. The highest BCUT2D eigenvalue weighted by Crippen LogP contribution is 2.33. The monoisotopic (exact) mass is 336 g/mol. The Kier molecular flexibility index (Phi) is 4.43. The van der Waals surface area contributed by atoms with Crippen LogP contribution < -0.4 is 4.74 Å². The highest BCUT2D eigenvalue weighted by Gasteiger charge is 2.33. The molecule has 0 saturated carbocycles. The molecule has 0 radical (unpaired) electrons. The first-order valence-electron chi connectivity index (χ1n) is 9.21. The maximum atomic E-state index is 13.0. The minimum Gasteiger partial charge on any atom is -0.481 e. The molecule has 130 valence electrons. The zero-order valence-corrected chi connectivity index (χ0v) is 14.6. The Bertz CT molecular complexity index is 760. The number of aromatic nitrogens is 1. The smallest absolute Gasteiger partial charge is 0.263 e. The zero-order chi connectivity index (χ0) is 17.2. The van der Waals surface area contributed by atoms with Crippen LogP contribution >= 0.6 is 0 Å². The first kappa shape index (κ1) is 16.1. The summed E-state index contributed by atoms with van der Waals surface area (Å²) < 4.78 is 5.99. The van der Waals surface area contributed by atoms with Gasteiger partial charge in [0.25, 0.3) is 5.91 Å². The Balaban J connectivity index is 1.46. The van der Waals surface area contributed by atoms with E-state index in [0.717, 1.165) is 43.5 Å². The van der Waals surface area contributed by atoms with E-state index in [-0.39, 0.29) is 11.9 Å². The predicted octanol–water partition coefficient (Wildman–Crippen LogP) is 3.70. The molecule has 1 aromatic heterocycles. The van der Waals surface area contributed by atoms with Gasteiger partial charge in [-0.15, -0.1) is 0 Å². The molecular formula is C21H24N2O2. The van der Waals surface area contributed by atoms with Gasteiger partial charge in [-0.05, 0) is 80.0 Å². The number of aryl methyl sites for hydroxylation is 2. The van der Waals surface area contributed by atoms with Crippen LogP contribution in [0.5, 0.6) is 5.75 Å². The van der Waals surface area contributed by atoms with Crippen molar-refractivity contribution >= 4 is 5.91 Å². The minimum absolute atomic E-state index is 0.0693. The van der Waals surface area contributed by atoms with Gasteiger partial charge in [0.2, 0.25) is 0 Å². The van der Waals surface area contributed by atoms with E-state index >= 15 is 0 Å². The minimum atomic E-state index is -0.470. The molecule has 1 saturated heterocycles. The number of rotatable bonds is 4. The summed E-state index contributed by atoms with van der Waals surface area (Å²) in [7, 11) is 0. The van der Waals surface area contributed by atoms with Crippen LogP contribution in [0.4, 0.5) is 0 Å². The van der Waals surface area contributed by atoms with Gasteiger partial charge in [-0.2, -0.15) is 0 Å². The van der Waals surface area contributed by atoms with Crippen LogP contribution in [-0.4, -0.2) is 28.4 Å². The molecule has 25 heavy (non-hydrogen) atoms. The summed E-state index contributed by atoms with van der Waals surface area (Å²) in [5.41, 5.74) is 3.95. The van der Waals surface area contributed by atoms with Gasteiger partial charge >= 0.3 is 0 Å². The predicted molar refractivity (Wildman–Crippen MR) is 96.5 cm³/mol. The van der Waals surface area contributed by atoms with Crippen molar-refractivity contribution in [1.29, 1.82) is 0 Å². The molecule has 0 bridgehead atoms. The topological polar surface area (TPSA) is 42.4 Å². The number of fused-ring (bicyclic) bond motifs is 1. The molecule has 2 heterocycles. The first-order valence-corrected chi connectivity index (χ1v) is 9.21. The second-order valence-electron chi connectivity index (χ2n) is 7.01. The van der Waals surface area contributed by atoms with E-state index in [1.807, 2.05) is 30.0 Å². The number of ether oxygens (including phenoxy) is 1. The molecule has 1 aromatic carbocycles. The molecule has 2 atom stereocenters. The summed E-state index contributed by atoms with van der Waals surface area (Å²) in [4.78, 5) is 19.0. The number of hydrogen-bond acceptors (Lipinski definition) is 3. The summed E-state index contributed by atoms with van der Waals surface area (Å²) in [6, 6.07) is 10.4. The Morgan fingerprint density at radius 1 is 1.16 bits per heavy atom. The summed E-state index contributed by atoms with van der Waals surface area (Å²) in [6.07, 6.45) is 8.64. The Morgan fingerprint density at radius 2 is 1.96 bits per heavy atom. The van der Waals surface area contributed by atoms with Gasteiger partial charge in [0, 0.05) is 18.9 Å². The Labute approximate surface area is 148 Å². The number of pyridine rings is 1. The molecule has 0 unspecified atom stereocenters. The third-order valence-electron chi connectivity index (χ3n) is 5.36. The van der Waals surface area contributed by atoms with Crippen LogP contribution in [0.25, 0.3) is 0 Å². The van der Waals surface area contributed by atoms with Crippen molar-refractivity contribution in [3.8, 4) is 5.75 Å². The van der Waals surface area contributed by atoms with Crippen LogP contribution in [0.15, 0.2) is 42.7 Å². The maximum absolute atomic E-state index is 13.0. The third-order valence-corrected chi connectivity index (χ3v) is 5.36. The molecule has 4 nitrogen and oxygen atoms in total. The number of benzene rings is 1. The number of likely N-dealkylation sites (tertiary alicyclic amines) is 1. The fourth-order valence-corrected chi connectivity index (χ4v) is 4.07. The zero-order valence-electron chi connectivity index (χ0n) is 14.6. The fraction of sp³-hybridized carbons (Fsp3) is 0.429. The average molecular weight is 336 g/mol. The molecule has 1 aliphatic carbocycles. The van der Waals surface area contributed by atoms with Crippen molar-refractivity contribution < 1.29 is 9.53 Å². The van der Waals surface area contributed by atoms with Crippen molar-refractivity contribution in [2.24, 2.45) is 0 Å². The second-order valence-corrected chi connectivity index (χ2v) is 7.01. The average Bonchev–Trinajstić information content (AvgIpc) is 3.30. The molecular weight excluding hydrogens is 312 g/mol. The second kappa shape index (κ2) is 6.87. The van der Waals surface area contributed by atoms with E-state index in [4.69, 9.17) is 4.74 Å². The van der Waals surface area contributed by atoms with E-state index in [1.165, 1.54) is 17.5 Å². The van der Waals surface area contributed by atoms with Gasteiger partial charge in [0.15, 0.2) is 6.10 Å². The molecule has 0 N–H and O–H groups in total. The van der Waals surface area contributed by atoms with E-state index in [0.29, 0.717) is 0 Å². The number of carbonyl (C=O) groups excluding carboxylic acids is 1. The lowest BCUT2D eigenvalue weighted by Gasteiger charge is -2.28. The summed E-state index contributed by atoms with van der Waals surface area (Å²) in [5.74, 6) is 0.876. The van der Waals surface area contributed by atoms with Gasteiger partial charge in [0.05, 0.1) is 6.04 Å². The van der Waals surface area contributed by atoms with Gasteiger partial charge < -0.3 is 9.64 Å². The molecule has 2 aliphatic rings. The largest absolute Gasteiger partial charge is 0.481 e. The lowest BCUT2D eigenvalue weighted by molar-refractivity contribution is -0.138. The van der Waals surface area contributed by atoms with Crippen LogP contribution in [-0.2, 0) is 17.6 Å². The van der Waals surface area contributed by atoms with Crippen LogP contribution in [0.2, 0.25) is 0 Å². The summed E-state index contributed by atoms with van der Waals surface area (Å²) in [5, 5.41) is 0. The Hall–Kier alpha value is -2.36. The van der Waals surface area contributed by atoms with Crippen LogP contribution in [0.3, 0.4) is 0 Å². The van der Waals surface area contributed by atoms with Gasteiger partial charge in [-0.3, -0.25) is 9.78 Å². The SMILES string of the molecule is C[C@@H](Oc1ccc2c(c1)CCC2)C(=O)N1CCC[C@@H]1c1ccncc1. The molecule has 2 aromatic rings. The Morgan fingerprint density at radius 3 is 2.80 bits per heavy atom. The maximum Gasteiger partial charge on any atom is 0.263 e. The van der Waals surface area contributed by atoms with E-state index in [9.17, 15) is 4.79 Å². The molecule has 4 heteroatoms. The first-order chi connectivity index (χ1) is 12.2. The standard InChI is InChI=1S/C21H24N2O2/c1-15(25-19-8-7-16-4-2-5-18(16)14-19)21(24)23-13-3-6-20(23)17-9-11-22-12-10-17/h7-12,14-15,20H,2-6,13H2,1H3/t15-,20-/m1/s1. The highest BCUT2D eigenvalue weighted by atomic mass is 16.5. The van der Waals surface area contributed by atoms with E-state index < -0.39 is 6.10 Å². The highest BCUT2D eigenvalue weighted by molar-refractivity contribution is 5.81. The van der Waals surface area contributed by atoms with Crippen molar-refractivity contribution in [2.45, 2.75) is 51.2 Å². The molecule has 1 fully saturated rings. The van der Waals surface area contributed by atoms with E-state index in [1.54, 1.807) is 12.4 Å². The number of hydrogen-bond donors (Lipinski definition) is 0. The third kappa shape index (κ3) is 3.26. The molecule has 1 amide bonds. The van der Waals surface area contributed by atoms with Gasteiger partial charge in [0.1, 0.15) is 5.75 Å². The van der Waals surface area contributed by atoms with Crippen LogP contribution in [0.1, 0.15) is 48.9 Å². The number of carbonyl (C=O) groups is 1. The number of amides is 1. The lowest BCUT2D eigenvalue weighted by Crippen LogP contribution is -2.40. The molecule has 0 spiro atoms. The van der Waals surface area contributed by atoms with Gasteiger partial charge in [-0.1, -0.05) is 6.07 Å². The van der Waals surface area contributed by atoms with Crippen molar-refractivity contribution in [3.05, 3.63) is 59.4 Å². The van der Waals surface area contributed by atoms with Crippen LogP contribution in [0, 0.1) is 0 Å². The molecule has 1 aliphatic heterocycles. The quantitative estimate of drug-likeness (QED) is 0.855. The summed E-state index contributed by atoms with van der Waals surface area (Å²) in [6.45, 7) is 2.65. The summed E-state index contributed by atoms with van der Waals surface area (Å²) >= 11 is 0. The van der Waals surface area contributed by atoms with Crippen molar-refractivity contribution in [2.75, 3.05) is 6.54 Å². The van der Waals surface area contributed by atoms with Crippen molar-refractivity contribution in [3.63, 3.8) is 0 Å².